The first-order chi connectivity index (χ1) is 11.8. The molecule has 0 bridgehead atoms. The summed E-state index contributed by atoms with van der Waals surface area (Å²) in [7, 11) is 1.33. The van der Waals surface area contributed by atoms with Crippen LogP contribution < -0.4 is 10.6 Å². The Morgan fingerprint density at radius 3 is 2.48 bits per heavy atom. The lowest BCUT2D eigenvalue weighted by Crippen LogP contribution is -2.36. The number of hydrogen-bond acceptors (Lipinski definition) is 4. The molecule has 0 unspecified atom stereocenters. The summed E-state index contributed by atoms with van der Waals surface area (Å²) in [5, 5.41) is 7.05. The maximum absolute atomic E-state index is 12.1. The molecule has 0 atom stereocenters. The predicted molar refractivity (Wildman–Crippen MR) is 104 cm³/mol. The van der Waals surface area contributed by atoms with Crippen LogP contribution in [0.5, 0.6) is 0 Å². The Hall–Kier alpha value is -1.61. The van der Waals surface area contributed by atoms with Crippen molar-refractivity contribution in [3.8, 4) is 0 Å². The van der Waals surface area contributed by atoms with E-state index in [1.165, 1.54) is 29.7 Å². The number of aliphatic imine (C=N–C) groups is 1. The standard InChI is InChI=1S/C16H21ClN4O2S2/c1-18-16(19-10-12-6-4-5-7-14(12)17)20-11-13-8-9-15(24-13)25(22,23)21(2)3/h4-9H,10-11H2,1-3H3,(H2,18,19,20). The van der Waals surface area contributed by atoms with Crippen molar-refractivity contribution in [1.29, 1.82) is 0 Å². The average Bonchev–Trinajstić information content (AvgIpc) is 3.06. The van der Waals surface area contributed by atoms with Gasteiger partial charge in [-0.2, -0.15) is 0 Å². The van der Waals surface area contributed by atoms with Crippen molar-refractivity contribution in [3.63, 3.8) is 0 Å². The van der Waals surface area contributed by atoms with Gasteiger partial charge in [0, 0.05) is 37.6 Å². The van der Waals surface area contributed by atoms with E-state index in [1.807, 2.05) is 24.3 Å². The third kappa shape index (κ3) is 5.18. The molecule has 1 aromatic heterocycles. The fourth-order valence-corrected chi connectivity index (χ4v) is 4.65. The first-order valence-corrected chi connectivity index (χ1v) is 10.2. The van der Waals surface area contributed by atoms with Crippen LogP contribution in [0.15, 0.2) is 45.6 Å². The molecule has 136 valence electrons. The zero-order valence-corrected chi connectivity index (χ0v) is 16.7. The minimum atomic E-state index is -3.39. The molecule has 0 fully saturated rings. The van der Waals surface area contributed by atoms with Crippen LogP contribution in [0.25, 0.3) is 0 Å². The van der Waals surface area contributed by atoms with Gasteiger partial charge in [-0.25, -0.2) is 12.7 Å². The van der Waals surface area contributed by atoms with Crippen LogP contribution in [0.1, 0.15) is 10.4 Å². The second-order valence-electron chi connectivity index (χ2n) is 5.38. The molecular weight excluding hydrogens is 380 g/mol. The van der Waals surface area contributed by atoms with Gasteiger partial charge in [0.15, 0.2) is 5.96 Å². The van der Waals surface area contributed by atoms with Gasteiger partial charge in [-0.1, -0.05) is 29.8 Å². The first kappa shape index (κ1) is 19.7. The number of nitrogens with zero attached hydrogens (tertiary/aromatic N) is 2. The molecule has 0 aliphatic rings. The normalized spacial score (nSPS) is 12.4. The fourth-order valence-electron chi connectivity index (χ4n) is 1.98. The summed E-state index contributed by atoms with van der Waals surface area (Å²) in [4.78, 5) is 5.06. The largest absolute Gasteiger partial charge is 0.352 e. The monoisotopic (exact) mass is 400 g/mol. The number of benzene rings is 1. The van der Waals surface area contributed by atoms with E-state index in [9.17, 15) is 8.42 Å². The predicted octanol–water partition coefficient (Wildman–Crippen LogP) is 2.52. The molecule has 0 radical (unpaired) electrons. The lowest BCUT2D eigenvalue weighted by atomic mass is 10.2. The number of halogens is 1. The number of sulfonamides is 1. The molecule has 0 spiro atoms. The second kappa shape index (κ2) is 8.66. The first-order valence-electron chi connectivity index (χ1n) is 7.53. The summed E-state index contributed by atoms with van der Waals surface area (Å²) in [5.74, 6) is 0.616. The molecule has 25 heavy (non-hydrogen) atoms. The lowest BCUT2D eigenvalue weighted by molar-refractivity contribution is 0.523. The minimum absolute atomic E-state index is 0.327. The van der Waals surface area contributed by atoms with Crippen molar-refractivity contribution >= 4 is 38.9 Å². The van der Waals surface area contributed by atoms with Crippen LogP contribution in [0.2, 0.25) is 5.02 Å². The summed E-state index contributed by atoms with van der Waals surface area (Å²) in [6.45, 7) is 1.03. The van der Waals surface area contributed by atoms with E-state index >= 15 is 0 Å². The molecule has 2 N–H and O–H groups in total. The molecule has 2 rings (SSSR count). The van der Waals surface area contributed by atoms with Crippen LogP contribution in [0.3, 0.4) is 0 Å². The molecule has 0 amide bonds. The van der Waals surface area contributed by atoms with Gasteiger partial charge < -0.3 is 10.6 Å². The minimum Gasteiger partial charge on any atom is -0.352 e. The van der Waals surface area contributed by atoms with Crippen molar-refractivity contribution in [2.45, 2.75) is 17.3 Å². The average molecular weight is 401 g/mol. The van der Waals surface area contributed by atoms with Crippen molar-refractivity contribution in [3.05, 3.63) is 51.9 Å². The Morgan fingerprint density at radius 2 is 1.84 bits per heavy atom. The summed E-state index contributed by atoms with van der Waals surface area (Å²) in [5.41, 5.74) is 0.975. The van der Waals surface area contributed by atoms with Crippen LogP contribution >= 0.6 is 22.9 Å². The molecule has 6 nitrogen and oxygen atoms in total. The maximum atomic E-state index is 12.1. The highest BCUT2D eigenvalue weighted by atomic mass is 35.5. The van der Waals surface area contributed by atoms with Crippen LogP contribution in [0, 0.1) is 0 Å². The number of rotatable bonds is 6. The van der Waals surface area contributed by atoms with E-state index in [-0.39, 0.29) is 0 Å². The molecule has 0 aliphatic heterocycles. The van der Waals surface area contributed by atoms with Crippen LogP contribution in [-0.2, 0) is 23.1 Å². The highest BCUT2D eigenvalue weighted by Crippen LogP contribution is 2.23. The topological polar surface area (TPSA) is 73.8 Å². The quantitative estimate of drug-likeness (QED) is 0.577. The molecule has 0 saturated carbocycles. The van der Waals surface area contributed by atoms with E-state index < -0.39 is 10.0 Å². The zero-order valence-electron chi connectivity index (χ0n) is 14.3. The summed E-state index contributed by atoms with van der Waals surface area (Å²) < 4.78 is 25.7. The molecule has 9 heteroatoms. The van der Waals surface area contributed by atoms with Gasteiger partial charge >= 0.3 is 0 Å². The van der Waals surface area contributed by atoms with Gasteiger partial charge in [0.25, 0.3) is 10.0 Å². The Labute approximate surface area is 157 Å². The molecule has 2 aromatic rings. The molecular formula is C16H21ClN4O2S2. The Balaban J connectivity index is 1.94. The third-order valence-electron chi connectivity index (χ3n) is 3.43. The van der Waals surface area contributed by atoms with Crippen molar-refractivity contribution in [2.75, 3.05) is 21.1 Å². The Kier molecular flexibility index (Phi) is 6.83. The summed E-state index contributed by atoms with van der Waals surface area (Å²) in [6, 6.07) is 11.0. The second-order valence-corrected chi connectivity index (χ2v) is 9.33. The number of nitrogens with one attached hydrogen (secondary N) is 2. The van der Waals surface area contributed by atoms with E-state index in [2.05, 4.69) is 15.6 Å². The van der Waals surface area contributed by atoms with Crippen molar-refractivity contribution < 1.29 is 8.42 Å². The Bertz CT molecular complexity index is 847. The lowest BCUT2D eigenvalue weighted by Gasteiger charge is -2.12. The van der Waals surface area contributed by atoms with Gasteiger partial charge in [-0.3, -0.25) is 4.99 Å². The van der Waals surface area contributed by atoms with Gasteiger partial charge in [-0.05, 0) is 23.8 Å². The SMILES string of the molecule is CN=C(NCc1ccc(S(=O)(=O)N(C)C)s1)NCc1ccccc1Cl. The third-order valence-corrected chi connectivity index (χ3v) is 7.17. The number of thiophene rings is 1. The highest BCUT2D eigenvalue weighted by Gasteiger charge is 2.19. The smallest absolute Gasteiger partial charge is 0.252 e. The van der Waals surface area contributed by atoms with Gasteiger partial charge in [0.2, 0.25) is 0 Å². The van der Waals surface area contributed by atoms with E-state index in [1.54, 1.807) is 19.2 Å². The molecule has 0 aliphatic carbocycles. The van der Waals surface area contributed by atoms with Crippen LogP contribution in [0.4, 0.5) is 0 Å². The zero-order chi connectivity index (χ0) is 18.4. The van der Waals surface area contributed by atoms with E-state index in [4.69, 9.17) is 11.6 Å². The van der Waals surface area contributed by atoms with Gasteiger partial charge in [0.1, 0.15) is 4.21 Å². The van der Waals surface area contributed by atoms with E-state index in [0.29, 0.717) is 28.3 Å². The summed E-state index contributed by atoms with van der Waals surface area (Å²) >= 11 is 7.38. The van der Waals surface area contributed by atoms with Crippen molar-refractivity contribution in [1.82, 2.24) is 14.9 Å². The number of hydrogen-bond donors (Lipinski definition) is 2. The van der Waals surface area contributed by atoms with Gasteiger partial charge in [-0.15, -0.1) is 11.3 Å². The molecule has 0 saturated heterocycles. The number of guanidine groups is 1. The highest BCUT2D eigenvalue weighted by molar-refractivity contribution is 7.91. The van der Waals surface area contributed by atoms with Gasteiger partial charge in [0.05, 0.1) is 6.54 Å². The summed E-state index contributed by atoms with van der Waals surface area (Å²) in [6.07, 6.45) is 0. The molecule has 1 aromatic carbocycles. The fraction of sp³-hybridized carbons (Fsp3) is 0.312. The maximum Gasteiger partial charge on any atom is 0.252 e. The molecule has 1 heterocycles. The van der Waals surface area contributed by atoms with Crippen LogP contribution in [-0.4, -0.2) is 39.8 Å². The Morgan fingerprint density at radius 1 is 1.16 bits per heavy atom. The van der Waals surface area contributed by atoms with Crippen molar-refractivity contribution in [2.24, 2.45) is 4.99 Å². The van der Waals surface area contributed by atoms with E-state index in [0.717, 1.165) is 10.4 Å².